The van der Waals surface area contributed by atoms with E-state index in [1.54, 1.807) is 9.80 Å². The highest BCUT2D eigenvalue weighted by Gasteiger charge is 2.38. The zero-order valence-corrected chi connectivity index (χ0v) is 10.4. The second-order valence-electron chi connectivity index (χ2n) is 4.97. The molecule has 2 rings (SSSR count). The summed E-state index contributed by atoms with van der Waals surface area (Å²) in [5.74, 6) is 0. The van der Waals surface area contributed by atoms with Gasteiger partial charge in [-0.15, -0.1) is 0 Å². The van der Waals surface area contributed by atoms with E-state index >= 15 is 0 Å². The number of carbonyl (C=O) groups excluding carboxylic acids is 1. The van der Waals surface area contributed by atoms with E-state index in [0.29, 0.717) is 19.6 Å². The fourth-order valence-electron chi connectivity index (χ4n) is 2.38. The van der Waals surface area contributed by atoms with Gasteiger partial charge in [-0.05, 0) is 26.7 Å². The van der Waals surface area contributed by atoms with Gasteiger partial charge in [0.15, 0.2) is 0 Å². The molecule has 2 saturated heterocycles. The zero-order valence-electron chi connectivity index (χ0n) is 10.4. The van der Waals surface area contributed by atoms with Gasteiger partial charge in [0.2, 0.25) is 0 Å². The third kappa shape index (κ3) is 2.52. The molecule has 5 nitrogen and oxygen atoms in total. The van der Waals surface area contributed by atoms with E-state index in [9.17, 15) is 4.79 Å². The van der Waals surface area contributed by atoms with Gasteiger partial charge in [0.05, 0.1) is 31.4 Å². The summed E-state index contributed by atoms with van der Waals surface area (Å²) >= 11 is 0. The van der Waals surface area contributed by atoms with Crippen molar-refractivity contribution in [2.24, 2.45) is 0 Å². The molecule has 2 heterocycles. The molecule has 0 saturated carbocycles. The maximum absolute atomic E-state index is 12.1. The number of hydrogen-bond donors (Lipinski definition) is 0. The van der Waals surface area contributed by atoms with E-state index in [-0.39, 0.29) is 24.3 Å². The van der Waals surface area contributed by atoms with Crippen molar-refractivity contribution in [1.82, 2.24) is 9.80 Å². The number of urea groups is 1. The van der Waals surface area contributed by atoms with Crippen LogP contribution in [0.15, 0.2) is 0 Å². The van der Waals surface area contributed by atoms with Gasteiger partial charge in [0, 0.05) is 6.54 Å². The van der Waals surface area contributed by atoms with Crippen molar-refractivity contribution in [2.75, 3.05) is 19.6 Å². The number of ether oxygens (including phenoxy) is 1. The minimum absolute atomic E-state index is 0.00217. The molecule has 94 valence electrons. The summed E-state index contributed by atoms with van der Waals surface area (Å²) in [5, 5.41) is 8.94. The number of likely N-dealkylation sites (tertiary alicyclic amines) is 2. The minimum Gasteiger partial charge on any atom is -0.372 e. The number of hydrogen-bond acceptors (Lipinski definition) is 3. The van der Waals surface area contributed by atoms with Crippen molar-refractivity contribution in [3.8, 4) is 6.07 Å². The fraction of sp³-hybridized carbons (Fsp3) is 0.833. The van der Waals surface area contributed by atoms with Gasteiger partial charge < -0.3 is 14.5 Å². The van der Waals surface area contributed by atoms with Crippen LogP contribution in [0.4, 0.5) is 4.79 Å². The first kappa shape index (κ1) is 12.2. The van der Waals surface area contributed by atoms with Crippen molar-refractivity contribution in [3.05, 3.63) is 0 Å². The van der Waals surface area contributed by atoms with E-state index in [1.165, 1.54) is 0 Å². The predicted octanol–water partition coefficient (Wildman–Crippen LogP) is 1.20. The molecule has 0 unspecified atom stereocenters. The van der Waals surface area contributed by atoms with Crippen LogP contribution >= 0.6 is 0 Å². The highest BCUT2D eigenvalue weighted by atomic mass is 16.5. The van der Waals surface area contributed by atoms with Crippen LogP contribution in [0.25, 0.3) is 0 Å². The summed E-state index contributed by atoms with van der Waals surface area (Å²) in [4.78, 5) is 15.5. The fourth-order valence-corrected chi connectivity index (χ4v) is 2.38. The average molecular weight is 237 g/mol. The highest BCUT2D eigenvalue weighted by Crippen LogP contribution is 2.22. The Balaban J connectivity index is 1.81. The van der Waals surface area contributed by atoms with Gasteiger partial charge in [-0.2, -0.15) is 5.26 Å². The van der Waals surface area contributed by atoms with Gasteiger partial charge in [-0.3, -0.25) is 0 Å². The number of amides is 2. The lowest BCUT2D eigenvalue weighted by Gasteiger charge is -2.42. The maximum Gasteiger partial charge on any atom is 0.321 e. The molecule has 0 spiro atoms. The molecule has 5 heteroatoms. The standard InChI is InChI=1S/C12H19N3O2/c1-9(2)17-11-7-14(8-11)12(16)15-5-3-4-10(15)6-13/h9-11H,3-5,7-8H2,1-2H3/t10-/m0/s1. The molecule has 0 aliphatic carbocycles. The van der Waals surface area contributed by atoms with E-state index in [2.05, 4.69) is 6.07 Å². The molecule has 0 N–H and O–H groups in total. The van der Waals surface area contributed by atoms with E-state index in [1.807, 2.05) is 13.8 Å². The zero-order chi connectivity index (χ0) is 12.4. The Bertz CT molecular complexity index is 331. The smallest absolute Gasteiger partial charge is 0.321 e. The van der Waals surface area contributed by atoms with Crippen LogP contribution in [0, 0.1) is 11.3 Å². The first-order valence-corrected chi connectivity index (χ1v) is 6.22. The molecular formula is C12H19N3O2. The van der Waals surface area contributed by atoms with E-state index in [0.717, 1.165) is 12.8 Å². The Morgan fingerprint density at radius 2 is 2.18 bits per heavy atom. The monoisotopic (exact) mass is 237 g/mol. The summed E-state index contributed by atoms with van der Waals surface area (Å²) in [5.41, 5.74) is 0. The lowest BCUT2D eigenvalue weighted by Crippen LogP contribution is -2.59. The van der Waals surface area contributed by atoms with Crippen LogP contribution in [0.2, 0.25) is 0 Å². The second kappa shape index (κ2) is 4.92. The molecule has 0 radical (unpaired) electrons. The summed E-state index contributed by atoms with van der Waals surface area (Å²) in [6.45, 7) is 6.02. The third-order valence-corrected chi connectivity index (χ3v) is 3.23. The summed E-state index contributed by atoms with van der Waals surface area (Å²) in [6.07, 6.45) is 2.11. The SMILES string of the molecule is CC(C)OC1CN(C(=O)N2CCC[C@H]2C#N)C1. The molecule has 0 bridgehead atoms. The molecule has 17 heavy (non-hydrogen) atoms. The molecule has 1 atom stereocenters. The molecule has 2 fully saturated rings. The number of nitriles is 1. The summed E-state index contributed by atoms with van der Waals surface area (Å²) in [6, 6.07) is 1.96. The Morgan fingerprint density at radius 1 is 1.47 bits per heavy atom. The summed E-state index contributed by atoms with van der Waals surface area (Å²) < 4.78 is 5.60. The lowest BCUT2D eigenvalue weighted by molar-refractivity contribution is -0.0682. The van der Waals surface area contributed by atoms with Crippen LogP contribution in [0.5, 0.6) is 0 Å². The van der Waals surface area contributed by atoms with Crippen molar-refractivity contribution in [2.45, 2.75) is 44.9 Å². The van der Waals surface area contributed by atoms with Gasteiger partial charge in [0.1, 0.15) is 6.04 Å². The molecule has 2 aliphatic heterocycles. The molecule has 0 aromatic carbocycles. The van der Waals surface area contributed by atoms with Gasteiger partial charge in [0.25, 0.3) is 0 Å². The number of nitrogens with zero attached hydrogens (tertiary/aromatic N) is 3. The van der Waals surface area contributed by atoms with Crippen LogP contribution < -0.4 is 0 Å². The van der Waals surface area contributed by atoms with Crippen LogP contribution in [-0.4, -0.2) is 53.7 Å². The molecule has 2 amide bonds. The Morgan fingerprint density at radius 3 is 2.76 bits per heavy atom. The molecule has 0 aromatic rings. The largest absolute Gasteiger partial charge is 0.372 e. The van der Waals surface area contributed by atoms with Crippen LogP contribution in [0.1, 0.15) is 26.7 Å². The van der Waals surface area contributed by atoms with E-state index < -0.39 is 0 Å². The summed E-state index contributed by atoms with van der Waals surface area (Å²) in [7, 11) is 0. The van der Waals surface area contributed by atoms with Gasteiger partial charge in [-0.1, -0.05) is 0 Å². The van der Waals surface area contributed by atoms with Crippen molar-refractivity contribution < 1.29 is 9.53 Å². The minimum atomic E-state index is -0.229. The second-order valence-corrected chi connectivity index (χ2v) is 4.97. The van der Waals surface area contributed by atoms with Crippen LogP contribution in [-0.2, 0) is 4.74 Å². The lowest BCUT2D eigenvalue weighted by atomic mass is 10.1. The van der Waals surface area contributed by atoms with E-state index in [4.69, 9.17) is 10.00 Å². The maximum atomic E-state index is 12.1. The molecule has 0 aromatic heterocycles. The highest BCUT2D eigenvalue weighted by molar-refractivity contribution is 5.76. The number of carbonyl (C=O) groups is 1. The van der Waals surface area contributed by atoms with Crippen molar-refractivity contribution in [3.63, 3.8) is 0 Å². The quantitative estimate of drug-likeness (QED) is 0.725. The Kier molecular flexibility index (Phi) is 3.53. The Hall–Kier alpha value is -1.28. The first-order valence-electron chi connectivity index (χ1n) is 6.22. The Labute approximate surface area is 102 Å². The topological polar surface area (TPSA) is 56.6 Å². The van der Waals surface area contributed by atoms with Crippen LogP contribution in [0.3, 0.4) is 0 Å². The third-order valence-electron chi connectivity index (χ3n) is 3.23. The molecule has 2 aliphatic rings. The first-order chi connectivity index (χ1) is 8.11. The van der Waals surface area contributed by atoms with Crippen molar-refractivity contribution >= 4 is 6.03 Å². The normalized spacial score (nSPS) is 24.9. The molecular weight excluding hydrogens is 218 g/mol. The predicted molar refractivity (Wildman–Crippen MR) is 62.3 cm³/mol. The average Bonchev–Trinajstić information content (AvgIpc) is 2.69. The van der Waals surface area contributed by atoms with Gasteiger partial charge >= 0.3 is 6.03 Å². The van der Waals surface area contributed by atoms with Gasteiger partial charge in [-0.25, -0.2) is 4.79 Å². The number of rotatable bonds is 2. The van der Waals surface area contributed by atoms with Crippen molar-refractivity contribution in [1.29, 1.82) is 5.26 Å².